The van der Waals surface area contributed by atoms with Crippen LogP contribution in [0.25, 0.3) is 11.5 Å². The van der Waals surface area contributed by atoms with Gasteiger partial charge in [0, 0.05) is 18.5 Å². The molecule has 0 saturated heterocycles. The molecule has 0 aliphatic rings. The number of aromatic nitrogens is 1. The lowest BCUT2D eigenvalue weighted by Gasteiger charge is -2.05. The van der Waals surface area contributed by atoms with Crippen LogP contribution in [0.5, 0.6) is 0 Å². The van der Waals surface area contributed by atoms with Crippen LogP contribution in [0.4, 0.5) is 4.39 Å². The lowest BCUT2D eigenvalue weighted by atomic mass is 10.2. The molecule has 0 unspecified atom stereocenters. The summed E-state index contributed by atoms with van der Waals surface area (Å²) in [5.41, 5.74) is 6.85. The van der Waals surface area contributed by atoms with Crippen LogP contribution < -0.4 is 11.1 Å². The van der Waals surface area contributed by atoms with Crippen molar-refractivity contribution >= 4 is 5.91 Å². The molecule has 0 aliphatic carbocycles. The van der Waals surface area contributed by atoms with Gasteiger partial charge in [-0.15, -0.1) is 0 Å². The van der Waals surface area contributed by atoms with E-state index in [1.807, 2.05) is 0 Å². The number of hydrogen-bond donors (Lipinski definition) is 2. The van der Waals surface area contributed by atoms with Gasteiger partial charge < -0.3 is 15.5 Å². The predicted molar refractivity (Wildman–Crippen MR) is 72.3 cm³/mol. The normalized spacial score (nSPS) is 12.2. The van der Waals surface area contributed by atoms with Crippen molar-refractivity contribution in [2.45, 2.75) is 19.4 Å². The molecule has 6 heteroatoms. The fraction of sp³-hybridized carbons (Fsp3) is 0.286. The predicted octanol–water partition coefficient (Wildman–Crippen LogP) is 1.49. The first kappa shape index (κ1) is 14.2. The van der Waals surface area contributed by atoms with Gasteiger partial charge in [-0.3, -0.25) is 4.79 Å². The fourth-order valence-electron chi connectivity index (χ4n) is 1.62. The topological polar surface area (TPSA) is 81.2 Å². The number of nitrogens with zero attached hydrogens (tertiary/aromatic N) is 1. The fourth-order valence-corrected chi connectivity index (χ4v) is 1.62. The Balaban J connectivity index is 1.92. The van der Waals surface area contributed by atoms with Crippen LogP contribution in [0.2, 0.25) is 0 Å². The first-order valence-electron chi connectivity index (χ1n) is 6.30. The standard InChI is InChI=1S/C14H16FN3O2/c1-9(16)13(19)17-7-6-12-8-20-14(18-12)10-2-4-11(15)5-3-10/h2-5,8-9H,6-7,16H2,1H3,(H,17,19)/t9-/m0/s1. The number of hydrogen-bond acceptors (Lipinski definition) is 4. The molecule has 3 N–H and O–H groups in total. The lowest BCUT2D eigenvalue weighted by molar-refractivity contribution is -0.121. The van der Waals surface area contributed by atoms with Gasteiger partial charge in [-0.25, -0.2) is 9.37 Å². The minimum atomic E-state index is -0.526. The van der Waals surface area contributed by atoms with Crippen molar-refractivity contribution in [3.63, 3.8) is 0 Å². The number of carbonyl (C=O) groups is 1. The van der Waals surface area contributed by atoms with E-state index in [1.54, 1.807) is 19.1 Å². The highest BCUT2D eigenvalue weighted by atomic mass is 19.1. The summed E-state index contributed by atoms with van der Waals surface area (Å²) in [5.74, 6) is -0.0788. The molecule has 0 aliphatic heterocycles. The van der Waals surface area contributed by atoms with Crippen molar-refractivity contribution < 1.29 is 13.6 Å². The molecule has 1 aromatic carbocycles. The van der Waals surface area contributed by atoms with Crippen LogP contribution >= 0.6 is 0 Å². The van der Waals surface area contributed by atoms with Gasteiger partial charge in [0.25, 0.3) is 0 Å². The summed E-state index contributed by atoms with van der Waals surface area (Å²) >= 11 is 0. The number of rotatable bonds is 5. The zero-order valence-electron chi connectivity index (χ0n) is 11.1. The smallest absolute Gasteiger partial charge is 0.236 e. The zero-order valence-corrected chi connectivity index (χ0v) is 11.1. The first-order chi connectivity index (χ1) is 9.56. The Labute approximate surface area is 116 Å². The van der Waals surface area contributed by atoms with Gasteiger partial charge in [0.15, 0.2) is 0 Å². The van der Waals surface area contributed by atoms with Crippen molar-refractivity contribution in [1.29, 1.82) is 0 Å². The van der Waals surface area contributed by atoms with E-state index < -0.39 is 6.04 Å². The Morgan fingerprint density at radius 2 is 2.15 bits per heavy atom. The number of halogens is 1. The van der Waals surface area contributed by atoms with Crippen LogP contribution in [0.15, 0.2) is 34.9 Å². The molecular weight excluding hydrogens is 261 g/mol. The molecule has 1 heterocycles. The maximum Gasteiger partial charge on any atom is 0.236 e. The van der Waals surface area contributed by atoms with E-state index in [2.05, 4.69) is 10.3 Å². The third-order valence-electron chi connectivity index (χ3n) is 2.74. The van der Waals surface area contributed by atoms with Crippen LogP contribution in [0.1, 0.15) is 12.6 Å². The third kappa shape index (κ3) is 3.64. The summed E-state index contributed by atoms with van der Waals surface area (Å²) in [6.45, 7) is 2.06. The largest absolute Gasteiger partial charge is 0.444 e. The molecule has 5 nitrogen and oxygen atoms in total. The van der Waals surface area contributed by atoms with Gasteiger partial charge in [0.05, 0.1) is 11.7 Å². The van der Waals surface area contributed by atoms with Crippen molar-refractivity contribution in [1.82, 2.24) is 10.3 Å². The third-order valence-corrected chi connectivity index (χ3v) is 2.74. The average Bonchev–Trinajstić information content (AvgIpc) is 2.88. The summed E-state index contributed by atoms with van der Waals surface area (Å²) in [6.07, 6.45) is 2.07. The number of nitrogens with two attached hydrogens (primary N) is 1. The summed E-state index contributed by atoms with van der Waals surface area (Å²) in [6, 6.07) is 5.37. The Bertz CT molecular complexity index is 578. The van der Waals surface area contributed by atoms with E-state index in [9.17, 15) is 9.18 Å². The monoisotopic (exact) mass is 277 g/mol. The Hall–Kier alpha value is -2.21. The van der Waals surface area contributed by atoms with Gasteiger partial charge in [-0.2, -0.15) is 0 Å². The van der Waals surface area contributed by atoms with Crippen molar-refractivity contribution in [2.24, 2.45) is 5.73 Å². The highest BCUT2D eigenvalue weighted by Gasteiger charge is 2.09. The molecular formula is C14H16FN3O2. The maximum absolute atomic E-state index is 12.8. The Morgan fingerprint density at radius 1 is 1.45 bits per heavy atom. The van der Waals surface area contributed by atoms with E-state index in [1.165, 1.54) is 18.4 Å². The van der Waals surface area contributed by atoms with Gasteiger partial charge in [0.1, 0.15) is 12.1 Å². The Morgan fingerprint density at radius 3 is 2.80 bits per heavy atom. The quantitative estimate of drug-likeness (QED) is 0.867. The maximum atomic E-state index is 12.8. The molecule has 0 spiro atoms. The van der Waals surface area contributed by atoms with E-state index in [0.29, 0.717) is 30.1 Å². The second-order valence-electron chi connectivity index (χ2n) is 4.48. The summed E-state index contributed by atoms with van der Waals surface area (Å²) in [5, 5.41) is 2.69. The molecule has 2 rings (SSSR count). The number of carbonyl (C=O) groups excluding carboxylic acids is 1. The second-order valence-corrected chi connectivity index (χ2v) is 4.48. The van der Waals surface area contributed by atoms with E-state index in [0.717, 1.165) is 0 Å². The molecule has 2 aromatic rings. The van der Waals surface area contributed by atoms with Gasteiger partial charge in [0.2, 0.25) is 11.8 Å². The average molecular weight is 277 g/mol. The molecule has 0 saturated carbocycles. The number of benzene rings is 1. The molecule has 20 heavy (non-hydrogen) atoms. The molecule has 0 bridgehead atoms. The van der Waals surface area contributed by atoms with E-state index >= 15 is 0 Å². The van der Waals surface area contributed by atoms with Gasteiger partial charge >= 0.3 is 0 Å². The van der Waals surface area contributed by atoms with Crippen LogP contribution in [-0.2, 0) is 11.2 Å². The van der Waals surface area contributed by atoms with Crippen molar-refractivity contribution in [3.8, 4) is 11.5 Å². The zero-order chi connectivity index (χ0) is 14.5. The second kappa shape index (κ2) is 6.29. The van der Waals surface area contributed by atoms with Crippen molar-refractivity contribution in [2.75, 3.05) is 6.54 Å². The van der Waals surface area contributed by atoms with Crippen LogP contribution in [0.3, 0.4) is 0 Å². The number of amides is 1. The molecule has 1 amide bonds. The molecule has 106 valence electrons. The van der Waals surface area contributed by atoms with E-state index in [-0.39, 0.29) is 11.7 Å². The summed E-state index contributed by atoms with van der Waals surface area (Å²) < 4.78 is 18.1. The van der Waals surface area contributed by atoms with Gasteiger partial charge in [-0.05, 0) is 31.2 Å². The number of nitrogens with one attached hydrogen (secondary N) is 1. The summed E-state index contributed by atoms with van der Waals surface area (Å²) in [4.78, 5) is 15.6. The highest BCUT2D eigenvalue weighted by molar-refractivity contribution is 5.80. The molecule has 1 atom stereocenters. The minimum Gasteiger partial charge on any atom is -0.444 e. The minimum absolute atomic E-state index is 0.202. The summed E-state index contributed by atoms with van der Waals surface area (Å²) in [7, 11) is 0. The molecule has 1 aromatic heterocycles. The Kier molecular flexibility index (Phi) is 4.47. The molecule has 0 radical (unpaired) electrons. The van der Waals surface area contributed by atoms with Crippen LogP contribution in [-0.4, -0.2) is 23.5 Å². The highest BCUT2D eigenvalue weighted by Crippen LogP contribution is 2.18. The lowest BCUT2D eigenvalue weighted by Crippen LogP contribution is -2.39. The van der Waals surface area contributed by atoms with Crippen LogP contribution in [0, 0.1) is 5.82 Å². The first-order valence-corrected chi connectivity index (χ1v) is 6.30. The van der Waals surface area contributed by atoms with Gasteiger partial charge in [-0.1, -0.05) is 0 Å². The number of oxazole rings is 1. The van der Waals surface area contributed by atoms with E-state index in [4.69, 9.17) is 10.2 Å². The SMILES string of the molecule is C[C@H](N)C(=O)NCCc1coc(-c2ccc(F)cc2)n1. The molecule has 0 fully saturated rings. The van der Waals surface area contributed by atoms with Crippen molar-refractivity contribution in [3.05, 3.63) is 42.0 Å².